The topological polar surface area (TPSA) is 28.2 Å². The van der Waals surface area contributed by atoms with Crippen molar-refractivity contribution in [2.45, 2.75) is 71.0 Å². The van der Waals surface area contributed by atoms with Gasteiger partial charge in [-0.2, -0.15) is 0 Å². The summed E-state index contributed by atoms with van der Waals surface area (Å²) in [6.07, 6.45) is 10.5. The van der Waals surface area contributed by atoms with E-state index in [2.05, 4.69) is 30.3 Å². The lowest BCUT2D eigenvalue weighted by Crippen LogP contribution is -2.46. The summed E-state index contributed by atoms with van der Waals surface area (Å²) in [4.78, 5) is 8.70. The van der Waals surface area contributed by atoms with E-state index >= 15 is 0 Å². The van der Waals surface area contributed by atoms with Crippen LogP contribution < -0.4 is 10.2 Å². The second-order valence-electron chi connectivity index (χ2n) is 6.59. The monoisotopic (exact) mass is 293 g/mol. The van der Waals surface area contributed by atoms with Crippen LogP contribution in [0, 0.1) is 5.92 Å². The van der Waals surface area contributed by atoms with Crippen LogP contribution in [-0.2, 0) is 6.54 Å². The van der Waals surface area contributed by atoms with Gasteiger partial charge in [-0.1, -0.05) is 26.7 Å². The van der Waals surface area contributed by atoms with Crippen molar-refractivity contribution in [2.75, 3.05) is 11.4 Å². The molecule has 0 radical (unpaired) electrons. The molecular formula is C16H27N3S. The maximum Gasteiger partial charge on any atom is 0.185 e. The van der Waals surface area contributed by atoms with Gasteiger partial charge in [0, 0.05) is 36.2 Å². The van der Waals surface area contributed by atoms with Gasteiger partial charge in [0.2, 0.25) is 0 Å². The van der Waals surface area contributed by atoms with Gasteiger partial charge in [-0.25, -0.2) is 4.98 Å². The molecule has 20 heavy (non-hydrogen) atoms. The SMILES string of the molecule is CC(C)NCc1cnc(N2CCC[C@H]3CCCC[C@H]32)s1. The molecule has 3 nitrogen and oxygen atoms in total. The number of hydrogen-bond acceptors (Lipinski definition) is 4. The molecule has 0 aromatic carbocycles. The second kappa shape index (κ2) is 6.44. The highest BCUT2D eigenvalue weighted by atomic mass is 32.1. The largest absolute Gasteiger partial charge is 0.345 e. The average Bonchev–Trinajstić information content (AvgIpc) is 2.93. The number of nitrogens with one attached hydrogen (secondary N) is 1. The molecule has 0 amide bonds. The van der Waals surface area contributed by atoms with Crippen molar-refractivity contribution >= 4 is 16.5 Å². The number of nitrogens with zero attached hydrogens (tertiary/aromatic N) is 2. The Bertz CT molecular complexity index is 427. The van der Waals surface area contributed by atoms with Gasteiger partial charge in [-0.05, 0) is 31.6 Å². The summed E-state index contributed by atoms with van der Waals surface area (Å²) in [5.41, 5.74) is 0. The van der Waals surface area contributed by atoms with Gasteiger partial charge in [0.1, 0.15) is 0 Å². The first-order chi connectivity index (χ1) is 9.74. The van der Waals surface area contributed by atoms with Crippen molar-refractivity contribution in [2.24, 2.45) is 5.92 Å². The fraction of sp³-hybridized carbons (Fsp3) is 0.812. The van der Waals surface area contributed by atoms with Crippen LogP contribution in [0.2, 0.25) is 0 Å². The second-order valence-corrected chi connectivity index (χ2v) is 7.69. The fourth-order valence-corrected chi connectivity index (χ4v) is 4.62. The summed E-state index contributed by atoms with van der Waals surface area (Å²) < 4.78 is 0. The van der Waals surface area contributed by atoms with Gasteiger partial charge >= 0.3 is 0 Å². The molecule has 0 spiro atoms. The molecule has 4 heteroatoms. The van der Waals surface area contributed by atoms with Gasteiger partial charge in [0.05, 0.1) is 0 Å². The number of thiazole rings is 1. The zero-order chi connectivity index (χ0) is 13.9. The minimum absolute atomic E-state index is 0.540. The molecule has 1 N–H and O–H groups in total. The molecule has 0 bridgehead atoms. The lowest BCUT2D eigenvalue weighted by molar-refractivity contribution is 0.243. The summed E-state index contributed by atoms with van der Waals surface area (Å²) in [5.74, 6) is 0.929. The minimum Gasteiger partial charge on any atom is -0.345 e. The predicted molar refractivity (Wildman–Crippen MR) is 86.4 cm³/mol. The fourth-order valence-electron chi connectivity index (χ4n) is 3.68. The van der Waals surface area contributed by atoms with Crippen molar-refractivity contribution < 1.29 is 0 Å². The first-order valence-corrected chi connectivity index (χ1v) is 9.00. The lowest BCUT2D eigenvalue weighted by Gasteiger charge is -2.44. The molecule has 112 valence electrons. The smallest absolute Gasteiger partial charge is 0.185 e. The Labute approximate surface area is 126 Å². The summed E-state index contributed by atoms with van der Waals surface area (Å²) in [6, 6.07) is 1.31. The molecule has 1 aliphatic heterocycles. The molecule has 1 saturated heterocycles. The van der Waals surface area contributed by atoms with Gasteiger partial charge in [-0.15, -0.1) is 11.3 Å². The predicted octanol–water partition coefficient (Wildman–Crippen LogP) is 3.80. The summed E-state index contributed by atoms with van der Waals surface area (Å²) in [5, 5.41) is 4.75. The van der Waals surface area contributed by atoms with Crippen molar-refractivity contribution in [3.05, 3.63) is 11.1 Å². The third-order valence-corrected chi connectivity index (χ3v) is 5.75. The Morgan fingerprint density at radius 1 is 1.30 bits per heavy atom. The Morgan fingerprint density at radius 2 is 2.10 bits per heavy atom. The first-order valence-electron chi connectivity index (χ1n) is 8.19. The van der Waals surface area contributed by atoms with Gasteiger partial charge < -0.3 is 10.2 Å². The van der Waals surface area contributed by atoms with E-state index in [1.54, 1.807) is 0 Å². The van der Waals surface area contributed by atoms with E-state index in [0.717, 1.165) is 18.5 Å². The number of rotatable bonds is 4. The third-order valence-electron chi connectivity index (χ3n) is 4.71. The van der Waals surface area contributed by atoms with E-state index in [0.29, 0.717) is 6.04 Å². The van der Waals surface area contributed by atoms with E-state index in [4.69, 9.17) is 4.98 Å². The molecular weight excluding hydrogens is 266 g/mol. The number of hydrogen-bond donors (Lipinski definition) is 1. The number of anilines is 1. The Kier molecular flexibility index (Phi) is 4.61. The molecule has 2 heterocycles. The van der Waals surface area contributed by atoms with Crippen molar-refractivity contribution in [1.29, 1.82) is 0 Å². The van der Waals surface area contributed by atoms with Crippen LogP contribution in [-0.4, -0.2) is 23.6 Å². The highest BCUT2D eigenvalue weighted by molar-refractivity contribution is 7.15. The maximum absolute atomic E-state index is 4.71. The van der Waals surface area contributed by atoms with Crippen LogP contribution in [0.5, 0.6) is 0 Å². The molecule has 2 aliphatic rings. The van der Waals surface area contributed by atoms with Crippen LogP contribution in [0.15, 0.2) is 6.20 Å². The van der Waals surface area contributed by atoms with Gasteiger partial charge in [0.15, 0.2) is 5.13 Å². The number of aromatic nitrogens is 1. The van der Waals surface area contributed by atoms with E-state index in [1.807, 2.05) is 11.3 Å². The lowest BCUT2D eigenvalue weighted by atomic mass is 9.78. The zero-order valence-corrected chi connectivity index (χ0v) is 13.6. The molecule has 2 fully saturated rings. The van der Waals surface area contributed by atoms with E-state index in [-0.39, 0.29) is 0 Å². The first kappa shape index (κ1) is 14.3. The third kappa shape index (κ3) is 3.17. The van der Waals surface area contributed by atoms with Crippen LogP contribution >= 0.6 is 11.3 Å². The molecule has 2 atom stereocenters. The van der Waals surface area contributed by atoms with E-state index in [9.17, 15) is 0 Å². The molecule has 1 saturated carbocycles. The van der Waals surface area contributed by atoms with Crippen LogP contribution in [0.25, 0.3) is 0 Å². The van der Waals surface area contributed by atoms with E-state index < -0.39 is 0 Å². The standard InChI is InChI=1S/C16H27N3S/c1-12(2)17-10-14-11-18-16(20-14)19-9-5-7-13-6-3-4-8-15(13)19/h11-13,15,17H,3-10H2,1-2H3/t13-,15-/m1/s1. The van der Waals surface area contributed by atoms with Gasteiger partial charge in [-0.3, -0.25) is 0 Å². The highest BCUT2D eigenvalue weighted by Gasteiger charge is 2.34. The Balaban J connectivity index is 1.68. The molecule has 1 aliphatic carbocycles. The van der Waals surface area contributed by atoms with Crippen LogP contribution in [0.3, 0.4) is 0 Å². The number of piperidine rings is 1. The van der Waals surface area contributed by atoms with Crippen LogP contribution in [0.4, 0.5) is 5.13 Å². The van der Waals surface area contributed by atoms with Crippen molar-refractivity contribution in [3.63, 3.8) is 0 Å². The van der Waals surface area contributed by atoms with Crippen molar-refractivity contribution in [3.8, 4) is 0 Å². The zero-order valence-electron chi connectivity index (χ0n) is 12.8. The number of fused-ring (bicyclic) bond motifs is 1. The van der Waals surface area contributed by atoms with Gasteiger partial charge in [0.25, 0.3) is 0 Å². The molecule has 0 unspecified atom stereocenters. The minimum atomic E-state index is 0.540. The Morgan fingerprint density at radius 3 is 2.95 bits per heavy atom. The van der Waals surface area contributed by atoms with Crippen molar-refractivity contribution in [1.82, 2.24) is 10.3 Å². The summed E-state index contributed by atoms with van der Waals surface area (Å²) in [7, 11) is 0. The summed E-state index contributed by atoms with van der Waals surface area (Å²) in [6.45, 7) is 6.56. The average molecular weight is 293 g/mol. The molecule has 1 aromatic heterocycles. The normalized spacial score (nSPS) is 26.9. The highest BCUT2D eigenvalue weighted by Crippen LogP contribution is 2.38. The quantitative estimate of drug-likeness (QED) is 0.915. The Hall–Kier alpha value is -0.610. The summed E-state index contributed by atoms with van der Waals surface area (Å²) >= 11 is 1.89. The van der Waals surface area contributed by atoms with E-state index in [1.165, 1.54) is 55.1 Å². The van der Waals surface area contributed by atoms with Crippen LogP contribution in [0.1, 0.15) is 57.2 Å². The maximum atomic E-state index is 4.71. The molecule has 1 aromatic rings. The molecule has 3 rings (SSSR count).